The first-order chi connectivity index (χ1) is 17.5. The third kappa shape index (κ3) is 4.40. The Kier molecular flexibility index (Phi) is 6.38. The molecular formula is C29H26O7. The molecule has 0 bridgehead atoms. The summed E-state index contributed by atoms with van der Waals surface area (Å²) >= 11 is 0. The number of rotatable bonds is 5. The predicted molar refractivity (Wildman–Crippen MR) is 136 cm³/mol. The predicted octanol–water partition coefficient (Wildman–Crippen LogP) is 5.72. The second-order valence-electron chi connectivity index (χ2n) is 8.51. The maximum atomic E-state index is 13.6. The monoisotopic (exact) mass is 486 g/mol. The van der Waals surface area contributed by atoms with Crippen LogP contribution in [0.15, 0.2) is 63.8 Å². The average molecular weight is 487 g/mol. The Morgan fingerprint density at radius 3 is 2.58 bits per heavy atom. The molecular weight excluding hydrogens is 460 g/mol. The number of carbonyl (C=O) groups excluding carboxylic acids is 1. The Morgan fingerprint density at radius 2 is 1.81 bits per heavy atom. The largest absolute Gasteiger partial charge is 0.497 e. The molecule has 0 aliphatic carbocycles. The molecule has 0 unspecified atom stereocenters. The van der Waals surface area contributed by atoms with Gasteiger partial charge in [0.1, 0.15) is 22.8 Å². The molecule has 0 spiro atoms. The van der Waals surface area contributed by atoms with Crippen molar-refractivity contribution in [3.8, 4) is 34.1 Å². The van der Waals surface area contributed by atoms with Gasteiger partial charge in [0.05, 0.1) is 36.8 Å². The van der Waals surface area contributed by atoms with E-state index in [1.807, 2.05) is 25.1 Å². The molecule has 1 aliphatic heterocycles. The van der Waals surface area contributed by atoms with Gasteiger partial charge in [0.15, 0.2) is 11.5 Å². The van der Waals surface area contributed by atoms with Crippen molar-refractivity contribution in [3.63, 3.8) is 0 Å². The lowest BCUT2D eigenvalue weighted by atomic mass is 10.0. The van der Waals surface area contributed by atoms with Crippen molar-refractivity contribution in [2.45, 2.75) is 26.7 Å². The van der Waals surface area contributed by atoms with Crippen LogP contribution in [-0.4, -0.2) is 26.3 Å². The van der Waals surface area contributed by atoms with Crippen molar-refractivity contribution in [1.29, 1.82) is 0 Å². The van der Waals surface area contributed by atoms with E-state index >= 15 is 0 Å². The molecule has 0 amide bonds. The molecule has 36 heavy (non-hydrogen) atoms. The number of hydrogen-bond donors (Lipinski definition) is 0. The molecule has 0 radical (unpaired) electrons. The van der Waals surface area contributed by atoms with Gasteiger partial charge in [0, 0.05) is 12.5 Å². The summed E-state index contributed by atoms with van der Waals surface area (Å²) in [6.45, 7) is 4.83. The van der Waals surface area contributed by atoms with Crippen molar-refractivity contribution >= 4 is 16.9 Å². The van der Waals surface area contributed by atoms with E-state index in [-0.39, 0.29) is 5.43 Å². The zero-order chi connectivity index (χ0) is 25.2. The van der Waals surface area contributed by atoms with Crippen LogP contribution in [0.1, 0.15) is 35.0 Å². The number of benzene rings is 3. The minimum Gasteiger partial charge on any atom is -0.497 e. The van der Waals surface area contributed by atoms with Crippen molar-refractivity contribution in [1.82, 2.24) is 0 Å². The van der Waals surface area contributed by atoms with Crippen LogP contribution in [0.2, 0.25) is 0 Å². The zero-order valence-electron chi connectivity index (χ0n) is 20.4. The molecule has 3 aromatic carbocycles. The number of fused-ring (bicyclic) bond motifs is 2. The second-order valence-corrected chi connectivity index (χ2v) is 8.51. The lowest BCUT2D eigenvalue weighted by Gasteiger charge is -2.13. The van der Waals surface area contributed by atoms with Crippen LogP contribution in [-0.2, 0) is 6.42 Å². The first-order valence-corrected chi connectivity index (χ1v) is 11.8. The highest BCUT2D eigenvalue weighted by Gasteiger charge is 2.20. The fourth-order valence-corrected chi connectivity index (χ4v) is 4.31. The first kappa shape index (κ1) is 23.5. The molecule has 0 saturated carbocycles. The SMILES string of the molecule is CCc1cc2c(=O)c(-c3ccc4c(c3)OCCCO4)c(C)oc2cc1OC(=O)c1cccc(OC)c1. The van der Waals surface area contributed by atoms with E-state index in [9.17, 15) is 9.59 Å². The molecule has 0 N–H and O–H groups in total. The number of hydrogen-bond acceptors (Lipinski definition) is 7. The van der Waals surface area contributed by atoms with E-state index in [1.54, 1.807) is 43.3 Å². The topological polar surface area (TPSA) is 84.2 Å². The van der Waals surface area contributed by atoms with E-state index in [1.165, 1.54) is 7.11 Å². The molecule has 7 heteroatoms. The molecule has 2 heterocycles. The Bertz CT molecular complexity index is 1520. The highest BCUT2D eigenvalue weighted by atomic mass is 16.5. The summed E-state index contributed by atoms with van der Waals surface area (Å²) in [4.78, 5) is 26.4. The Balaban J connectivity index is 1.55. The summed E-state index contributed by atoms with van der Waals surface area (Å²) in [6.07, 6.45) is 1.36. The van der Waals surface area contributed by atoms with Crippen molar-refractivity contribution in [2.24, 2.45) is 0 Å². The Labute approximate surface area is 208 Å². The molecule has 7 nitrogen and oxygen atoms in total. The molecule has 1 aromatic heterocycles. The lowest BCUT2D eigenvalue weighted by Crippen LogP contribution is -2.12. The van der Waals surface area contributed by atoms with Crippen molar-refractivity contribution < 1.29 is 28.2 Å². The van der Waals surface area contributed by atoms with Crippen LogP contribution in [0.3, 0.4) is 0 Å². The van der Waals surface area contributed by atoms with E-state index in [0.717, 1.165) is 12.0 Å². The smallest absolute Gasteiger partial charge is 0.343 e. The fourth-order valence-electron chi connectivity index (χ4n) is 4.31. The number of carbonyl (C=O) groups is 1. The van der Waals surface area contributed by atoms with Gasteiger partial charge in [-0.05, 0) is 60.9 Å². The van der Waals surface area contributed by atoms with Crippen LogP contribution in [0, 0.1) is 6.92 Å². The second kappa shape index (κ2) is 9.77. The van der Waals surface area contributed by atoms with E-state index in [0.29, 0.717) is 76.1 Å². The normalized spacial score (nSPS) is 12.8. The summed E-state index contributed by atoms with van der Waals surface area (Å²) in [5.41, 5.74) is 2.42. The van der Waals surface area contributed by atoms with E-state index in [4.69, 9.17) is 23.4 Å². The van der Waals surface area contributed by atoms with E-state index in [2.05, 4.69) is 0 Å². The quantitative estimate of drug-likeness (QED) is 0.263. The van der Waals surface area contributed by atoms with Gasteiger partial charge >= 0.3 is 5.97 Å². The number of esters is 1. The summed E-state index contributed by atoms with van der Waals surface area (Å²) in [5, 5.41) is 0.417. The average Bonchev–Trinajstić information content (AvgIpc) is 3.13. The summed E-state index contributed by atoms with van der Waals surface area (Å²) in [7, 11) is 1.54. The number of ether oxygens (including phenoxy) is 4. The van der Waals surface area contributed by atoms with Gasteiger partial charge in [-0.25, -0.2) is 4.79 Å². The van der Waals surface area contributed by atoms with Crippen LogP contribution < -0.4 is 24.4 Å². The minimum atomic E-state index is -0.522. The third-order valence-electron chi connectivity index (χ3n) is 6.17. The van der Waals surface area contributed by atoms with Crippen LogP contribution in [0.4, 0.5) is 0 Å². The van der Waals surface area contributed by atoms with Crippen LogP contribution in [0.5, 0.6) is 23.0 Å². The Hall–Kier alpha value is -4.26. The van der Waals surface area contributed by atoms with Gasteiger partial charge < -0.3 is 23.4 Å². The first-order valence-electron chi connectivity index (χ1n) is 11.8. The van der Waals surface area contributed by atoms with Crippen molar-refractivity contribution in [2.75, 3.05) is 20.3 Å². The maximum Gasteiger partial charge on any atom is 0.343 e. The molecule has 4 aromatic rings. The standard InChI is InChI=1S/C29H26O7/c1-4-18-14-22-25(16-24(18)36-29(31)20-7-5-8-21(13-20)32-3)35-17(2)27(28(22)30)19-9-10-23-26(15-19)34-12-6-11-33-23/h5,7-10,13-16H,4,6,11-12H2,1-3H3. The van der Waals surface area contributed by atoms with Crippen LogP contribution >= 0.6 is 0 Å². The molecule has 5 rings (SSSR count). The van der Waals surface area contributed by atoms with E-state index < -0.39 is 5.97 Å². The van der Waals surface area contributed by atoms with Gasteiger partial charge in [-0.1, -0.05) is 19.1 Å². The van der Waals surface area contributed by atoms with Gasteiger partial charge in [-0.15, -0.1) is 0 Å². The van der Waals surface area contributed by atoms with Gasteiger partial charge in [0.25, 0.3) is 0 Å². The zero-order valence-corrected chi connectivity index (χ0v) is 20.4. The number of methoxy groups -OCH3 is 1. The molecule has 1 aliphatic rings. The third-order valence-corrected chi connectivity index (χ3v) is 6.17. The molecule has 184 valence electrons. The van der Waals surface area contributed by atoms with Gasteiger partial charge in [-0.3, -0.25) is 4.79 Å². The lowest BCUT2D eigenvalue weighted by molar-refractivity contribution is 0.0733. The number of aryl methyl sites for hydroxylation is 2. The highest BCUT2D eigenvalue weighted by Crippen LogP contribution is 2.36. The molecule has 0 saturated heterocycles. The molecule has 0 atom stereocenters. The summed E-state index contributed by atoms with van der Waals surface area (Å²) in [5.74, 6) is 2.11. The fraction of sp³-hybridized carbons (Fsp3) is 0.241. The van der Waals surface area contributed by atoms with Gasteiger partial charge in [-0.2, -0.15) is 0 Å². The summed E-state index contributed by atoms with van der Waals surface area (Å²) in [6, 6.07) is 15.6. The summed E-state index contributed by atoms with van der Waals surface area (Å²) < 4.78 is 28.5. The Morgan fingerprint density at radius 1 is 1.00 bits per heavy atom. The highest BCUT2D eigenvalue weighted by molar-refractivity contribution is 5.93. The maximum absolute atomic E-state index is 13.6. The van der Waals surface area contributed by atoms with Gasteiger partial charge in [0.2, 0.25) is 5.43 Å². The molecule has 0 fully saturated rings. The van der Waals surface area contributed by atoms with Crippen molar-refractivity contribution in [3.05, 3.63) is 81.7 Å². The minimum absolute atomic E-state index is 0.163. The van der Waals surface area contributed by atoms with Crippen LogP contribution in [0.25, 0.3) is 22.1 Å².